The Balaban J connectivity index is 1.98. The summed E-state index contributed by atoms with van der Waals surface area (Å²) in [5, 5.41) is 0. The Kier molecular flexibility index (Phi) is 4.97. The number of nitrogens with zero attached hydrogens (tertiary/aromatic N) is 1. The van der Waals surface area contributed by atoms with Crippen LogP contribution in [0.15, 0.2) is 30.3 Å². The van der Waals surface area contributed by atoms with E-state index in [9.17, 15) is 4.79 Å². The van der Waals surface area contributed by atoms with Crippen LogP contribution < -0.4 is 5.73 Å². The second-order valence-corrected chi connectivity index (χ2v) is 5.65. The molecule has 2 unspecified atom stereocenters. The van der Waals surface area contributed by atoms with Crippen molar-refractivity contribution in [2.24, 2.45) is 17.6 Å². The van der Waals surface area contributed by atoms with Crippen LogP contribution in [0.3, 0.4) is 0 Å². The normalized spacial score (nSPS) is 21.2. The van der Waals surface area contributed by atoms with Crippen LogP contribution in [0.1, 0.15) is 25.3 Å². The van der Waals surface area contributed by atoms with Crippen LogP contribution >= 0.6 is 0 Å². The Bertz CT molecular complexity index is 404. The van der Waals surface area contributed by atoms with Crippen LogP contribution in [0, 0.1) is 11.8 Å². The van der Waals surface area contributed by atoms with E-state index in [4.69, 9.17) is 5.73 Å². The molecule has 1 amide bonds. The van der Waals surface area contributed by atoms with Gasteiger partial charge in [0.1, 0.15) is 0 Å². The summed E-state index contributed by atoms with van der Waals surface area (Å²) in [4.78, 5) is 14.5. The quantitative estimate of drug-likeness (QED) is 0.900. The zero-order chi connectivity index (χ0) is 13.7. The van der Waals surface area contributed by atoms with Crippen molar-refractivity contribution in [2.45, 2.75) is 26.2 Å². The molecule has 0 aromatic heterocycles. The molecule has 2 rings (SSSR count). The number of hydrogen-bond donors (Lipinski definition) is 1. The van der Waals surface area contributed by atoms with E-state index in [1.165, 1.54) is 12.0 Å². The van der Waals surface area contributed by atoms with Crippen molar-refractivity contribution in [1.82, 2.24) is 4.90 Å². The number of hydrogen-bond acceptors (Lipinski definition) is 2. The first-order valence-electron chi connectivity index (χ1n) is 7.23. The first kappa shape index (κ1) is 14.1. The fourth-order valence-corrected chi connectivity index (χ4v) is 2.82. The third-order valence-corrected chi connectivity index (χ3v) is 3.93. The van der Waals surface area contributed by atoms with E-state index in [0.29, 0.717) is 12.5 Å². The van der Waals surface area contributed by atoms with Crippen LogP contribution in [-0.2, 0) is 11.2 Å². The fraction of sp³-hybridized carbons (Fsp3) is 0.562. The Labute approximate surface area is 115 Å². The predicted octanol–water partition coefficient (Wildman–Crippen LogP) is 2.06. The Morgan fingerprint density at radius 3 is 2.79 bits per heavy atom. The van der Waals surface area contributed by atoms with Gasteiger partial charge in [0.05, 0.1) is 5.92 Å². The van der Waals surface area contributed by atoms with Gasteiger partial charge in [-0.2, -0.15) is 0 Å². The molecular weight excluding hydrogens is 236 g/mol. The summed E-state index contributed by atoms with van der Waals surface area (Å²) in [5.74, 6) is 0.776. The number of amides is 1. The molecule has 2 N–H and O–H groups in total. The highest BCUT2D eigenvalue weighted by Crippen LogP contribution is 2.19. The molecule has 3 heteroatoms. The second-order valence-electron chi connectivity index (χ2n) is 5.65. The summed E-state index contributed by atoms with van der Waals surface area (Å²) in [6.07, 6.45) is 3.10. The monoisotopic (exact) mass is 260 g/mol. The van der Waals surface area contributed by atoms with Crippen LogP contribution in [0.2, 0.25) is 0 Å². The molecule has 1 heterocycles. The van der Waals surface area contributed by atoms with Crippen LogP contribution in [-0.4, -0.2) is 30.4 Å². The largest absolute Gasteiger partial charge is 0.342 e. The number of benzene rings is 1. The highest BCUT2D eigenvalue weighted by atomic mass is 16.2. The van der Waals surface area contributed by atoms with E-state index in [0.717, 1.165) is 25.9 Å². The molecule has 0 radical (unpaired) electrons. The summed E-state index contributed by atoms with van der Waals surface area (Å²) in [5.41, 5.74) is 7.01. The summed E-state index contributed by atoms with van der Waals surface area (Å²) in [6.45, 7) is 4.44. The van der Waals surface area contributed by atoms with Crippen molar-refractivity contribution in [3.63, 3.8) is 0 Å². The molecule has 1 aromatic carbocycles. The highest BCUT2D eigenvalue weighted by molar-refractivity contribution is 5.79. The third kappa shape index (κ3) is 3.80. The zero-order valence-electron chi connectivity index (χ0n) is 11.7. The molecule has 1 aliphatic heterocycles. The summed E-state index contributed by atoms with van der Waals surface area (Å²) >= 11 is 0. The number of nitrogens with two attached hydrogens (primary N) is 1. The van der Waals surface area contributed by atoms with Gasteiger partial charge >= 0.3 is 0 Å². The van der Waals surface area contributed by atoms with Gasteiger partial charge in [-0.05, 0) is 30.7 Å². The van der Waals surface area contributed by atoms with E-state index in [1.54, 1.807) is 0 Å². The van der Waals surface area contributed by atoms with Gasteiger partial charge in [-0.25, -0.2) is 0 Å². The van der Waals surface area contributed by atoms with Gasteiger partial charge in [0.15, 0.2) is 0 Å². The number of rotatable bonds is 4. The van der Waals surface area contributed by atoms with E-state index in [1.807, 2.05) is 23.1 Å². The number of piperidine rings is 1. The average molecular weight is 260 g/mol. The molecule has 3 nitrogen and oxygen atoms in total. The minimum absolute atomic E-state index is 0.0762. The second kappa shape index (κ2) is 6.71. The molecule has 1 aliphatic rings. The maximum absolute atomic E-state index is 12.5. The predicted molar refractivity (Wildman–Crippen MR) is 77.7 cm³/mol. The van der Waals surface area contributed by atoms with Gasteiger partial charge in [0.2, 0.25) is 5.91 Å². The van der Waals surface area contributed by atoms with Crippen molar-refractivity contribution in [1.29, 1.82) is 0 Å². The molecule has 0 bridgehead atoms. The van der Waals surface area contributed by atoms with Gasteiger partial charge in [-0.1, -0.05) is 37.3 Å². The lowest BCUT2D eigenvalue weighted by Gasteiger charge is -2.33. The molecule has 1 fully saturated rings. The van der Waals surface area contributed by atoms with Crippen LogP contribution in [0.5, 0.6) is 0 Å². The Hall–Kier alpha value is -1.35. The summed E-state index contributed by atoms with van der Waals surface area (Å²) < 4.78 is 0. The lowest BCUT2D eigenvalue weighted by Crippen LogP contribution is -2.44. The fourth-order valence-electron chi connectivity index (χ4n) is 2.82. The van der Waals surface area contributed by atoms with Gasteiger partial charge in [0.25, 0.3) is 0 Å². The van der Waals surface area contributed by atoms with E-state index < -0.39 is 0 Å². The minimum atomic E-state index is -0.0762. The van der Waals surface area contributed by atoms with Crippen LogP contribution in [0.4, 0.5) is 0 Å². The molecular formula is C16H24N2O. The topological polar surface area (TPSA) is 46.3 Å². The average Bonchev–Trinajstić information content (AvgIpc) is 2.45. The first-order valence-corrected chi connectivity index (χ1v) is 7.23. The number of likely N-dealkylation sites (tertiary alicyclic amines) is 1. The van der Waals surface area contributed by atoms with Crippen molar-refractivity contribution < 1.29 is 4.79 Å². The summed E-state index contributed by atoms with van der Waals surface area (Å²) in [7, 11) is 0. The summed E-state index contributed by atoms with van der Waals surface area (Å²) in [6, 6.07) is 10.1. The van der Waals surface area contributed by atoms with Gasteiger partial charge < -0.3 is 10.6 Å². The molecule has 2 atom stereocenters. The van der Waals surface area contributed by atoms with Gasteiger partial charge in [-0.3, -0.25) is 4.79 Å². The zero-order valence-corrected chi connectivity index (χ0v) is 11.7. The van der Waals surface area contributed by atoms with Crippen molar-refractivity contribution >= 4 is 5.91 Å². The lowest BCUT2D eigenvalue weighted by molar-refractivity contribution is -0.136. The van der Waals surface area contributed by atoms with Crippen molar-refractivity contribution in [3.8, 4) is 0 Å². The standard InChI is InChI=1S/C16H24N2O/c1-13-6-5-9-18(12-13)16(19)15(11-17)10-14-7-3-2-4-8-14/h2-4,7-8,13,15H,5-6,9-12,17H2,1H3. The van der Waals surface area contributed by atoms with E-state index in [-0.39, 0.29) is 11.8 Å². The van der Waals surface area contributed by atoms with Crippen molar-refractivity contribution in [3.05, 3.63) is 35.9 Å². The number of carbonyl (C=O) groups excluding carboxylic acids is 1. The highest BCUT2D eigenvalue weighted by Gasteiger charge is 2.26. The Morgan fingerprint density at radius 1 is 1.42 bits per heavy atom. The SMILES string of the molecule is CC1CCCN(C(=O)C(CN)Cc2ccccc2)C1. The molecule has 19 heavy (non-hydrogen) atoms. The molecule has 0 aliphatic carbocycles. The first-order chi connectivity index (χ1) is 9.20. The minimum Gasteiger partial charge on any atom is -0.342 e. The maximum atomic E-state index is 12.5. The van der Waals surface area contributed by atoms with E-state index in [2.05, 4.69) is 19.1 Å². The van der Waals surface area contributed by atoms with Crippen molar-refractivity contribution in [2.75, 3.05) is 19.6 Å². The molecule has 0 saturated carbocycles. The molecule has 104 valence electrons. The molecule has 1 aromatic rings. The number of carbonyl (C=O) groups is 1. The van der Waals surface area contributed by atoms with Gasteiger partial charge in [-0.15, -0.1) is 0 Å². The smallest absolute Gasteiger partial charge is 0.227 e. The third-order valence-electron chi connectivity index (χ3n) is 3.93. The van der Waals surface area contributed by atoms with E-state index >= 15 is 0 Å². The lowest BCUT2D eigenvalue weighted by atomic mass is 9.95. The van der Waals surface area contributed by atoms with Crippen LogP contribution in [0.25, 0.3) is 0 Å². The maximum Gasteiger partial charge on any atom is 0.227 e. The molecule has 1 saturated heterocycles. The Morgan fingerprint density at radius 2 is 2.16 bits per heavy atom. The van der Waals surface area contributed by atoms with Gasteiger partial charge in [0, 0.05) is 19.6 Å². The molecule has 0 spiro atoms.